The number of hydrogen-bond acceptors (Lipinski definition) is 2. The maximum absolute atomic E-state index is 12.7. The second kappa shape index (κ2) is 7.28. The molecule has 1 saturated carbocycles. The van der Waals surface area contributed by atoms with Crippen LogP contribution in [0.5, 0.6) is 0 Å². The molecule has 3 nitrogen and oxygen atoms in total. The monoisotopic (exact) mass is 308 g/mol. The van der Waals surface area contributed by atoms with Gasteiger partial charge in [-0.1, -0.05) is 49.4 Å². The highest BCUT2D eigenvalue weighted by Crippen LogP contribution is 2.35. The first-order chi connectivity index (χ1) is 10.1. The van der Waals surface area contributed by atoms with Crippen LogP contribution in [-0.4, -0.2) is 12.5 Å². The number of carbonyl (C=O) groups is 1. The molecule has 0 bridgehead atoms. The first kappa shape index (κ1) is 16.3. The number of carbonyl (C=O) groups excluding carboxylic acids is 1. The fourth-order valence-corrected chi connectivity index (χ4v) is 3.34. The predicted molar refractivity (Wildman–Crippen MR) is 87.2 cm³/mol. The lowest BCUT2D eigenvalue weighted by atomic mass is 9.79. The van der Waals surface area contributed by atoms with E-state index >= 15 is 0 Å². The molecule has 3 N–H and O–H groups in total. The van der Waals surface area contributed by atoms with Crippen molar-refractivity contribution in [3.8, 4) is 0 Å². The molecule has 1 aliphatic rings. The highest BCUT2D eigenvalue weighted by Gasteiger charge is 2.37. The Morgan fingerprint density at radius 3 is 2.57 bits per heavy atom. The lowest BCUT2D eigenvalue weighted by Gasteiger charge is -2.31. The van der Waals surface area contributed by atoms with Gasteiger partial charge in [-0.25, -0.2) is 0 Å². The first-order valence-corrected chi connectivity index (χ1v) is 8.22. The Morgan fingerprint density at radius 1 is 1.33 bits per heavy atom. The van der Waals surface area contributed by atoms with E-state index in [2.05, 4.69) is 5.32 Å². The van der Waals surface area contributed by atoms with Crippen LogP contribution in [0.2, 0.25) is 5.02 Å². The molecule has 0 spiro atoms. The molecular formula is C17H25ClN2O. The molecule has 1 aromatic carbocycles. The lowest BCUT2D eigenvalue weighted by molar-refractivity contribution is -0.132. The molecule has 0 saturated heterocycles. The molecule has 0 radical (unpaired) electrons. The Kier molecular flexibility index (Phi) is 5.65. The summed E-state index contributed by atoms with van der Waals surface area (Å²) in [5, 5.41) is 3.83. The van der Waals surface area contributed by atoms with Gasteiger partial charge in [0.25, 0.3) is 0 Å². The molecule has 0 aliphatic heterocycles. The average molecular weight is 309 g/mol. The van der Waals surface area contributed by atoms with Crippen molar-refractivity contribution in [1.82, 2.24) is 5.32 Å². The molecule has 2 rings (SSSR count). The molecule has 0 unspecified atom stereocenters. The largest absolute Gasteiger partial charge is 0.349 e. The Labute approximate surface area is 132 Å². The number of hydrogen-bond donors (Lipinski definition) is 2. The van der Waals surface area contributed by atoms with Crippen molar-refractivity contribution < 1.29 is 4.79 Å². The second-order valence-corrected chi connectivity index (χ2v) is 6.59. The Balaban J connectivity index is 2.08. The summed E-state index contributed by atoms with van der Waals surface area (Å²) in [6.07, 6.45) is 6.40. The van der Waals surface area contributed by atoms with Crippen LogP contribution < -0.4 is 11.1 Å². The van der Waals surface area contributed by atoms with E-state index < -0.39 is 0 Å². The molecule has 0 aromatic heterocycles. The molecule has 0 heterocycles. The quantitative estimate of drug-likeness (QED) is 0.831. The normalized spacial score (nSPS) is 19.6. The summed E-state index contributed by atoms with van der Waals surface area (Å²) in [6, 6.07) is 7.58. The molecule has 1 aromatic rings. The number of nitrogens with two attached hydrogens (primary N) is 1. The molecule has 4 heteroatoms. The van der Waals surface area contributed by atoms with Gasteiger partial charge < -0.3 is 11.1 Å². The second-order valence-electron chi connectivity index (χ2n) is 6.15. The van der Waals surface area contributed by atoms with Crippen molar-refractivity contribution in [3.05, 3.63) is 34.9 Å². The number of nitrogens with one attached hydrogen (secondary N) is 1. The summed E-state index contributed by atoms with van der Waals surface area (Å²) >= 11 is 6.02. The maximum atomic E-state index is 12.7. The number of benzene rings is 1. The van der Waals surface area contributed by atoms with Crippen molar-refractivity contribution in [2.45, 2.75) is 51.5 Å². The van der Waals surface area contributed by atoms with Gasteiger partial charge in [0.05, 0.1) is 11.5 Å². The predicted octanol–water partition coefficient (Wildman–Crippen LogP) is 3.82. The molecular weight excluding hydrogens is 284 g/mol. The van der Waals surface area contributed by atoms with Gasteiger partial charge in [0, 0.05) is 11.6 Å². The average Bonchev–Trinajstić information content (AvgIpc) is 2.73. The first-order valence-electron chi connectivity index (χ1n) is 7.84. The maximum Gasteiger partial charge on any atom is 0.227 e. The van der Waals surface area contributed by atoms with Gasteiger partial charge in [0.15, 0.2) is 0 Å². The van der Waals surface area contributed by atoms with Crippen LogP contribution in [-0.2, 0) is 4.79 Å². The molecule has 1 aliphatic carbocycles. The Hall–Kier alpha value is -1.06. The van der Waals surface area contributed by atoms with Gasteiger partial charge in [0.1, 0.15) is 0 Å². The number of rotatable bonds is 4. The van der Waals surface area contributed by atoms with Gasteiger partial charge in [0.2, 0.25) is 5.91 Å². The van der Waals surface area contributed by atoms with Crippen molar-refractivity contribution in [3.63, 3.8) is 0 Å². The summed E-state index contributed by atoms with van der Waals surface area (Å²) in [5.41, 5.74) is 6.60. The third-order valence-corrected chi connectivity index (χ3v) is 4.86. The van der Waals surface area contributed by atoms with E-state index in [-0.39, 0.29) is 17.4 Å². The smallest absolute Gasteiger partial charge is 0.227 e. The van der Waals surface area contributed by atoms with Crippen molar-refractivity contribution in [2.75, 3.05) is 6.54 Å². The number of halogens is 1. The topological polar surface area (TPSA) is 55.1 Å². The van der Waals surface area contributed by atoms with Gasteiger partial charge in [-0.2, -0.15) is 0 Å². The minimum Gasteiger partial charge on any atom is -0.349 e. The van der Waals surface area contributed by atoms with E-state index in [1.807, 2.05) is 31.2 Å². The third-order valence-electron chi connectivity index (χ3n) is 4.63. The van der Waals surface area contributed by atoms with Crippen LogP contribution >= 0.6 is 11.6 Å². The van der Waals surface area contributed by atoms with Crippen molar-refractivity contribution in [2.24, 2.45) is 11.1 Å². The molecule has 21 heavy (non-hydrogen) atoms. The van der Waals surface area contributed by atoms with Crippen LogP contribution in [0, 0.1) is 5.41 Å². The lowest BCUT2D eigenvalue weighted by Crippen LogP contribution is -2.46. The molecule has 1 atom stereocenters. The van der Waals surface area contributed by atoms with E-state index in [1.54, 1.807) is 0 Å². The molecule has 116 valence electrons. The van der Waals surface area contributed by atoms with Crippen LogP contribution in [0.25, 0.3) is 0 Å². The van der Waals surface area contributed by atoms with Crippen LogP contribution in [0.4, 0.5) is 0 Å². The van der Waals surface area contributed by atoms with Crippen molar-refractivity contribution in [1.29, 1.82) is 0 Å². The zero-order valence-electron chi connectivity index (χ0n) is 12.7. The highest BCUT2D eigenvalue weighted by atomic mass is 35.5. The van der Waals surface area contributed by atoms with Gasteiger partial charge in [-0.05, 0) is 37.5 Å². The molecule has 1 amide bonds. The summed E-state index contributed by atoms with van der Waals surface area (Å²) in [4.78, 5) is 12.7. The minimum atomic E-state index is -0.386. The fraction of sp³-hybridized carbons (Fsp3) is 0.588. The highest BCUT2D eigenvalue weighted by molar-refractivity contribution is 6.30. The summed E-state index contributed by atoms with van der Waals surface area (Å²) in [7, 11) is 0. The van der Waals surface area contributed by atoms with Crippen LogP contribution in [0.15, 0.2) is 24.3 Å². The summed E-state index contributed by atoms with van der Waals surface area (Å²) in [5.74, 6) is 0.0966. The van der Waals surface area contributed by atoms with E-state index in [0.29, 0.717) is 11.6 Å². The van der Waals surface area contributed by atoms with E-state index in [4.69, 9.17) is 17.3 Å². The SMILES string of the molecule is C[C@H](NC(=O)C1(CN)CCCCCC1)c1cccc(Cl)c1. The zero-order chi connectivity index (χ0) is 15.3. The van der Waals surface area contributed by atoms with E-state index in [9.17, 15) is 4.79 Å². The summed E-state index contributed by atoms with van der Waals surface area (Å²) < 4.78 is 0. The minimum absolute atomic E-state index is 0.0529. The third kappa shape index (κ3) is 3.98. The standard InChI is InChI=1S/C17H25ClN2O/c1-13(14-7-6-8-15(18)11-14)20-16(21)17(12-19)9-4-2-3-5-10-17/h6-8,11,13H,2-5,9-10,12,19H2,1H3,(H,20,21)/t13-/m0/s1. The van der Waals surface area contributed by atoms with E-state index in [0.717, 1.165) is 31.2 Å². The van der Waals surface area contributed by atoms with Crippen molar-refractivity contribution >= 4 is 17.5 Å². The van der Waals surface area contributed by atoms with Crippen LogP contribution in [0.1, 0.15) is 57.1 Å². The van der Waals surface area contributed by atoms with Gasteiger partial charge >= 0.3 is 0 Å². The Morgan fingerprint density at radius 2 is 2.00 bits per heavy atom. The zero-order valence-corrected chi connectivity index (χ0v) is 13.5. The van der Waals surface area contributed by atoms with Gasteiger partial charge in [-0.3, -0.25) is 4.79 Å². The number of amides is 1. The van der Waals surface area contributed by atoms with Gasteiger partial charge in [-0.15, -0.1) is 0 Å². The van der Waals surface area contributed by atoms with Crippen LogP contribution in [0.3, 0.4) is 0 Å². The fourth-order valence-electron chi connectivity index (χ4n) is 3.14. The summed E-state index contributed by atoms with van der Waals surface area (Å²) in [6.45, 7) is 2.42. The molecule has 1 fully saturated rings. The van der Waals surface area contributed by atoms with E-state index in [1.165, 1.54) is 12.8 Å². The Bertz CT molecular complexity index is 481.